The Morgan fingerprint density at radius 3 is 2.36 bits per heavy atom. The second kappa shape index (κ2) is 9.96. The van der Waals surface area contributed by atoms with Gasteiger partial charge in [-0.25, -0.2) is 0 Å². The Hall–Kier alpha value is -0.0400. The second-order valence-electron chi connectivity index (χ2n) is 7.08. The van der Waals surface area contributed by atoms with Gasteiger partial charge in [0, 0.05) is 12.6 Å². The summed E-state index contributed by atoms with van der Waals surface area (Å²) in [4.78, 5) is 4.67. The van der Waals surface area contributed by atoms with E-state index < -0.39 is 5.60 Å². The molecule has 0 saturated heterocycles. The van der Waals surface area contributed by atoms with E-state index in [1.165, 1.54) is 32.1 Å². The second-order valence-corrected chi connectivity index (χ2v) is 7.08. The molecule has 130 valence electrons. The van der Waals surface area contributed by atoms with Crippen LogP contribution >= 0.6 is 24.0 Å². The van der Waals surface area contributed by atoms with E-state index in [1.807, 2.05) is 0 Å². The van der Waals surface area contributed by atoms with Crippen molar-refractivity contribution in [2.45, 2.75) is 83.3 Å². The molecule has 2 saturated carbocycles. The quantitative estimate of drug-likeness (QED) is 0.369. The third-order valence-corrected chi connectivity index (χ3v) is 5.02. The van der Waals surface area contributed by atoms with Gasteiger partial charge in [0.25, 0.3) is 0 Å². The highest BCUT2D eigenvalue weighted by atomic mass is 127. The van der Waals surface area contributed by atoms with Crippen molar-refractivity contribution in [3.8, 4) is 0 Å². The zero-order valence-corrected chi connectivity index (χ0v) is 16.6. The average molecular weight is 423 g/mol. The predicted molar refractivity (Wildman–Crippen MR) is 104 cm³/mol. The summed E-state index contributed by atoms with van der Waals surface area (Å²) in [6, 6.07) is 0.542. The van der Waals surface area contributed by atoms with E-state index in [4.69, 9.17) is 0 Å². The predicted octanol–water partition coefficient (Wildman–Crippen LogP) is 3.43. The first-order valence-corrected chi connectivity index (χ1v) is 8.88. The molecule has 22 heavy (non-hydrogen) atoms. The molecule has 0 radical (unpaired) electrons. The van der Waals surface area contributed by atoms with Gasteiger partial charge in [0.2, 0.25) is 0 Å². The summed E-state index contributed by atoms with van der Waals surface area (Å²) in [6.07, 6.45) is 10.4. The summed E-state index contributed by atoms with van der Waals surface area (Å²) < 4.78 is 0. The van der Waals surface area contributed by atoms with Gasteiger partial charge in [-0.1, -0.05) is 26.2 Å². The molecule has 4 nitrogen and oxygen atoms in total. The fraction of sp³-hybridized carbons (Fsp3) is 0.941. The van der Waals surface area contributed by atoms with E-state index in [9.17, 15) is 5.11 Å². The molecule has 0 aromatic rings. The molecule has 0 aliphatic heterocycles. The van der Waals surface area contributed by atoms with Gasteiger partial charge in [-0.15, -0.1) is 24.0 Å². The van der Waals surface area contributed by atoms with Crippen LogP contribution < -0.4 is 10.6 Å². The van der Waals surface area contributed by atoms with Crippen LogP contribution in [0.2, 0.25) is 0 Å². The molecule has 0 spiro atoms. The lowest BCUT2D eigenvalue weighted by Crippen LogP contribution is -2.46. The standard InChI is InChI=1S/C17H33N3O.HI/c1-3-18-16(20-15-9-7-14(2)8-10-15)19-13-17(21)11-5-4-6-12-17;/h14-15,21H,3-13H2,1-2H3,(H2,18,19,20);1H. The summed E-state index contributed by atoms with van der Waals surface area (Å²) in [6.45, 7) is 5.84. The van der Waals surface area contributed by atoms with E-state index >= 15 is 0 Å². The zero-order valence-electron chi connectivity index (χ0n) is 14.2. The first-order chi connectivity index (χ1) is 10.1. The molecular formula is C17H34IN3O. The van der Waals surface area contributed by atoms with Crippen LogP contribution in [0.3, 0.4) is 0 Å². The molecule has 0 bridgehead atoms. The van der Waals surface area contributed by atoms with Crippen molar-refractivity contribution in [3.05, 3.63) is 0 Å². The maximum atomic E-state index is 10.6. The number of halogens is 1. The van der Waals surface area contributed by atoms with Crippen molar-refractivity contribution in [1.82, 2.24) is 10.6 Å². The highest BCUT2D eigenvalue weighted by Gasteiger charge is 2.29. The first kappa shape index (κ1) is 20.0. The molecule has 0 atom stereocenters. The highest BCUT2D eigenvalue weighted by Crippen LogP contribution is 2.28. The van der Waals surface area contributed by atoms with Gasteiger partial charge < -0.3 is 15.7 Å². The lowest BCUT2D eigenvalue weighted by Gasteiger charge is -2.31. The average Bonchev–Trinajstić information content (AvgIpc) is 2.48. The zero-order chi connectivity index (χ0) is 15.1. The number of nitrogens with one attached hydrogen (secondary N) is 2. The topological polar surface area (TPSA) is 56.7 Å². The Morgan fingerprint density at radius 1 is 1.14 bits per heavy atom. The van der Waals surface area contributed by atoms with Crippen molar-refractivity contribution in [2.75, 3.05) is 13.1 Å². The van der Waals surface area contributed by atoms with Gasteiger partial charge >= 0.3 is 0 Å². The van der Waals surface area contributed by atoms with Crippen molar-refractivity contribution < 1.29 is 5.11 Å². The van der Waals surface area contributed by atoms with E-state index in [-0.39, 0.29) is 24.0 Å². The maximum absolute atomic E-state index is 10.6. The molecule has 0 heterocycles. The van der Waals surface area contributed by atoms with Crippen LogP contribution in [-0.4, -0.2) is 35.8 Å². The third kappa shape index (κ3) is 6.60. The maximum Gasteiger partial charge on any atom is 0.191 e. The fourth-order valence-corrected chi connectivity index (χ4v) is 3.51. The summed E-state index contributed by atoms with van der Waals surface area (Å²) >= 11 is 0. The van der Waals surface area contributed by atoms with Crippen molar-refractivity contribution in [2.24, 2.45) is 10.9 Å². The first-order valence-electron chi connectivity index (χ1n) is 8.88. The molecule has 0 unspecified atom stereocenters. The molecule has 2 fully saturated rings. The Labute approximate surface area is 152 Å². The Morgan fingerprint density at radius 2 is 1.77 bits per heavy atom. The van der Waals surface area contributed by atoms with Crippen LogP contribution in [0.5, 0.6) is 0 Å². The van der Waals surface area contributed by atoms with Gasteiger partial charge in [0.1, 0.15) is 0 Å². The van der Waals surface area contributed by atoms with Gasteiger partial charge in [-0.2, -0.15) is 0 Å². The lowest BCUT2D eigenvalue weighted by atomic mass is 9.85. The van der Waals surface area contributed by atoms with Gasteiger partial charge in [0.15, 0.2) is 5.96 Å². The fourth-order valence-electron chi connectivity index (χ4n) is 3.51. The van der Waals surface area contributed by atoms with E-state index in [1.54, 1.807) is 0 Å². The number of rotatable bonds is 4. The molecule has 5 heteroatoms. The molecule has 0 amide bonds. The van der Waals surface area contributed by atoms with Gasteiger partial charge in [-0.05, 0) is 51.4 Å². The minimum atomic E-state index is -0.568. The summed E-state index contributed by atoms with van der Waals surface area (Å²) in [5, 5.41) is 17.5. The van der Waals surface area contributed by atoms with E-state index in [2.05, 4.69) is 29.5 Å². The monoisotopic (exact) mass is 423 g/mol. The smallest absolute Gasteiger partial charge is 0.191 e. The van der Waals surface area contributed by atoms with Gasteiger partial charge in [0.05, 0.1) is 12.1 Å². The Bertz CT molecular complexity index is 335. The summed E-state index contributed by atoms with van der Waals surface area (Å²) in [5.74, 6) is 1.75. The summed E-state index contributed by atoms with van der Waals surface area (Å²) in [5.41, 5.74) is -0.568. The third-order valence-electron chi connectivity index (χ3n) is 5.02. The van der Waals surface area contributed by atoms with Crippen LogP contribution in [0.4, 0.5) is 0 Å². The van der Waals surface area contributed by atoms with Crippen LogP contribution in [0, 0.1) is 5.92 Å². The van der Waals surface area contributed by atoms with Crippen molar-refractivity contribution >= 4 is 29.9 Å². The van der Waals surface area contributed by atoms with Crippen LogP contribution in [-0.2, 0) is 0 Å². The number of aliphatic hydroxyl groups is 1. The number of guanidine groups is 1. The molecule has 2 aliphatic carbocycles. The van der Waals surface area contributed by atoms with Crippen LogP contribution in [0.15, 0.2) is 4.99 Å². The summed E-state index contributed by atoms with van der Waals surface area (Å²) in [7, 11) is 0. The molecule has 2 aliphatic rings. The molecule has 3 N–H and O–H groups in total. The van der Waals surface area contributed by atoms with Crippen molar-refractivity contribution in [3.63, 3.8) is 0 Å². The molecule has 0 aromatic heterocycles. The molecule has 0 aromatic carbocycles. The van der Waals surface area contributed by atoms with E-state index in [0.717, 1.165) is 44.1 Å². The minimum Gasteiger partial charge on any atom is -0.388 e. The minimum absolute atomic E-state index is 0. The normalized spacial score (nSPS) is 28.6. The van der Waals surface area contributed by atoms with Crippen LogP contribution in [0.1, 0.15) is 71.6 Å². The van der Waals surface area contributed by atoms with E-state index in [0.29, 0.717) is 12.6 Å². The SMILES string of the molecule is CCNC(=NCC1(O)CCCCC1)NC1CCC(C)CC1.I. The van der Waals surface area contributed by atoms with Gasteiger partial charge in [-0.3, -0.25) is 4.99 Å². The number of hydrogen-bond acceptors (Lipinski definition) is 2. The largest absolute Gasteiger partial charge is 0.388 e. The lowest BCUT2D eigenvalue weighted by molar-refractivity contribution is 0.0131. The Kier molecular flexibility index (Phi) is 9.05. The highest BCUT2D eigenvalue weighted by molar-refractivity contribution is 14.0. The number of aliphatic imine (C=N–C) groups is 1. The molecule has 2 rings (SSSR count). The van der Waals surface area contributed by atoms with Crippen molar-refractivity contribution in [1.29, 1.82) is 0 Å². The van der Waals surface area contributed by atoms with Crippen LogP contribution in [0.25, 0.3) is 0 Å². The number of hydrogen-bond donors (Lipinski definition) is 3. The molecular weight excluding hydrogens is 389 g/mol. The Balaban J connectivity index is 0.00000242. The number of nitrogens with zero attached hydrogens (tertiary/aromatic N) is 1.